The van der Waals surface area contributed by atoms with Gasteiger partial charge in [-0.1, -0.05) is 54.6 Å². The van der Waals surface area contributed by atoms with Gasteiger partial charge in [-0.15, -0.1) is 0 Å². The maximum absolute atomic E-state index is 13.7. The number of halogens is 3. The topological polar surface area (TPSA) is 211 Å². The monoisotopic (exact) mass is 1130 g/mol. The third-order valence-electron chi connectivity index (χ3n) is 16.9. The second-order valence-corrected chi connectivity index (χ2v) is 22.5. The van der Waals surface area contributed by atoms with Gasteiger partial charge in [-0.2, -0.15) is 0 Å². The summed E-state index contributed by atoms with van der Waals surface area (Å²) < 4.78 is 50.4. The van der Waals surface area contributed by atoms with Gasteiger partial charge in [0.05, 0.1) is 18.8 Å². The van der Waals surface area contributed by atoms with Crippen LogP contribution in [0.5, 0.6) is 0 Å². The molecule has 0 saturated carbocycles. The van der Waals surface area contributed by atoms with Crippen LogP contribution in [-0.4, -0.2) is 75.7 Å². The third-order valence-corrected chi connectivity index (χ3v) is 16.9. The van der Waals surface area contributed by atoms with E-state index in [-0.39, 0.29) is 49.3 Å². The first kappa shape index (κ1) is 59.5. The number of nitrogens with one attached hydrogen (secondary N) is 2. The van der Waals surface area contributed by atoms with Crippen molar-refractivity contribution in [2.45, 2.75) is 146 Å². The lowest BCUT2D eigenvalue weighted by atomic mass is 9.87. The molecule has 0 fully saturated rings. The zero-order chi connectivity index (χ0) is 59.1. The Morgan fingerprint density at radius 1 is 0.446 bits per heavy atom. The third kappa shape index (κ3) is 13.2. The van der Waals surface area contributed by atoms with Gasteiger partial charge < -0.3 is 36.1 Å². The lowest BCUT2D eigenvalue weighted by molar-refractivity contribution is -0.150. The minimum absolute atomic E-state index is 0.0934. The average molecular weight is 1130 g/mol. The van der Waals surface area contributed by atoms with Gasteiger partial charge in [0.2, 0.25) is 0 Å². The number of rotatable bonds is 10. The predicted molar refractivity (Wildman–Crippen MR) is 306 cm³/mol. The molecule has 6 aromatic carbocycles. The summed E-state index contributed by atoms with van der Waals surface area (Å²) in [6, 6.07) is 30.3. The van der Waals surface area contributed by atoms with Crippen molar-refractivity contribution in [3.63, 3.8) is 0 Å². The highest BCUT2D eigenvalue weighted by Crippen LogP contribution is 2.36. The Morgan fingerprint density at radius 2 is 0.795 bits per heavy atom. The van der Waals surface area contributed by atoms with Crippen molar-refractivity contribution in [3.8, 4) is 0 Å². The lowest BCUT2D eigenvalue weighted by Crippen LogP contribution is -2.56. The normalized spacial score (nSPS) is 20.2. The van der Waals surface area contributed by atoms with E-state index in [1.165, 1.54) is 59.5 Å². The molecule has 6 aliphatic rings. The molecule has 0 bridgehead atoms. The minimum Gasteiger partial charge on any atom is -0.479 e. The summed E-state index contributed by atoms with van der Waals surface area (Å²) in [5.74, 6) is -4.43. The van der Waals surface area contributed by atoms with Crippen molar-refractivity contribution in [3.05, 3.63) is 210 Å². The number of ether oxygens (including phenoxy) is 2. The fourth-order valence-electron chi connectivity index (χ4n) is 12.8. The summed E-state index contributed by atoms with van der Waals surface area (Å²) in [6.07, 6.45) is 13.8. The number of aromatic carboxylic acids is 1. The number of carbonyl (C=O) groups excluding carboxylic acids is 4. The fourth-order valence-corrected chi connectivity index (χ4v) is 12.8. The van der Waals surface area contributed by atoms with Crippen molar-refractivity contribution in [1.29, 1.82) is 0 Å². The van der Waals surface area contributed by atoms with Crippen LogP contribution in [0, 0.1) is 17.5 Å². The molecule has 83 heavy (non-hydrogen) atoms. The van der Waals surface area contributed by atoms with Crippen molar-refractivity contribution in [2.75, 3.05) is 13.2 Å². The zero-order valence-corrected chi connectivity index (χ0v) is 46.9. The number of hydrogen-bond donors (Lipinski definition) is 5. The Morgan fingerprint density at radius 3 is 1.24 bits per heavy atom. The van der Waals surface area contributed by atoms with Crippen LogP contribution < -0.4 is 16.4 Å². The molecule has 0 spiro atoms. The average Bonchev–Trinajstić information content (AvgIpc) is 4.30. The molecule has 3 atom stereocenters. The van der Waals surface area contributed by atoms with E-state index < -0.39 is 46.3 Å². The Balaban J connectivity index is 0.000000139. The van der Waals surface area contributed by atoms with Crippen LogP contribution in [0.2, 0.25) is 0 Å². The molecule has 6 aliphatic carbocycles. The Hall–Kier alpha value is -8.11. The number of benzene rings is 6. The maximum atomic E-state index is 13.7. The highest BCUT2D eigenvalue weighted by atomic mass is 19.1. The molecule has 2 amide bonds. The molecule has 0 radical (unpaired) electrons. The van der Waals surface area contributed by atoms with Gasteiger partial charge in [0.15, 0.2) is 0 Å². The predicted octanol–water partition coefficient (Wildman–Crippen LogP) is 10.0. The van der Waals surface area contributed by atoms with Gasteiger partial charge in [-0.25, -0.2) is 27.6 Å². The van der Waals surface area contributed by atoms with E-state index in [9.17, 15) is 47.0 Å². The first-order valence-electron chi connectivity index (χ1n) is 28.7. The van der Waals surface area contributed by atoms with Crippen LogP contribution in [0.1, 0.15) is 150 Å². The Labute approximate surface area is 481 Å². The van der Waals surface area contributed by atoms with Crippen molar-refractivity contribution >= 4 is 35.7 Å². The van der Waals surface area contributed by atoms with E-state index in [4.69, 9.17) is 20.3 Å². The largest absolute Gasteiger partial charge is 0.479 e. The molecule has 0 saturated heterocycles. The quantitative estimate of drug-likeness (QED) is 0.0815. The molecule has 0 aromatic heterocycles. The SMILES string of the molecule is CCOC(=O)C1(N)Cc2ccc(F)cc2C1.CCOC(=O)C1(NC(=O)c2cccc3c2CCCC3)Cc2ccc(F)cc2C1.O=C(NC1(C(=O)O)Cc2ccc(F)cc2C1)c1cccc2c1CCCC2.O=C(O)c1cccc2c1CCCC2. The minimum atomic E-state index is -1.43. The van der Waals surface area contributed by atoms with E-state index in [0.717, 1.165) is 115 Å². The van der Waals surface area contributed by atoms with E-state index in [2.05, 4.69) is 16.7 Å². The van der Waals surface area contributed by atoms with E-state index in [1.807, 2.05) is 36.4 Å². The highest BCUT2D eigenvalue weighted by Gasteiger charge is 2.48. The second kappa shape index (κ2) is 25.6. The fraction of sp³-hybridized carbons (Fsp3) is 0.373. The second-order valence-electron chi connectivity index (χ2n) is 22.5. The molecule has 0 aliphatic heterocycles. The van der Waals surface area contributed by atoms with Crippen molar-refractivity contribution in [1.82, 2.24) is 10.6 Å². The summed E-state index contributed by atoms with van der Waals surface area (Å²) in [5, 5.41) is 24.5. The first-order chi connectivity index (χ1) is 39.8. The van der Waals surface area contributed by atoms with E-state index >= 15 is 0 Å². The molecule has 0 heterocycles. The van der Waals surface area contributed by atoms with Gasteiger partial charge in [0.25, 0.3) is 11.8 Å². The number of hydrogen-bond acceptors (Lipinski definition) is 9. The maximum Gasteiger partial charge on any atom is 0.335 e. The van der Waals surface area contributed by atoms with Crippen LogP contribution in [0.3, 0.4) is 0 Å². The molecule has 12 rings (SSSR count). The van der Waals surface area contributed by atoms with Gasteiger partial charge in [-0.3, -0.25) is 14.4 Å². The van der Waals surface area contributed by atoms with Gasteiger partial charge in [-0.05, 0) is 212 Å². The highest BCUT2D eigenvalue weighted by molar-refractivity contribution is 6.01. The van der Waals surface area contributed by atoms with E-state index in [0.29, 0.717) is 48.1 Å². The van der Waals surface area contributed by atoms with Gasteiger partial charge in [0.1, 0.15) is 34.1 Å². The van der Waals surface area contributed by atoms with Crippen molar-refractivity contribution in [2.24, 2.45) is 5.73 Å². The van der Waals surface area contributed by atoms with Crippen LogP contribution in [0.25, 0.3) is 0 Å². The number of nitrogens with two attached hydrogens (primary N) is 1. The summed E-state index contributed by atoms with van der Waals surface area (Å²) in [7, 11) is 0. The molecule has 16 heteroatoms. The number of esters is 2. The first-order valence-corrected chi connectivity index (χ1v) is 28.7. The molecule has 6 N–H and O–H groups in total. The number of carbonyl (C=O) groups is 6. The standard InChI is InChI=1S/C23H24FNO3.C21H20FNO3.C12H14FNO2.C11H12O2/c1-2-28-22(27)23(13-16-10-11-18(24)12-17(16)14-23)25-21(26)20-9-5-7-15-6-3-4-8-19(15)20;22-16-9-8-14-11-21(20(25)26,12-15(14)10-16)23-19(24)18-7-3-5-13-4-1-2-6-17(13)18;1-2-16-11(15)12(14)6-8-3-4-10(13)5-9(8)7-12;12-11(13)10-7-3-5-8-4-1-2-6-9(8)10/h5,7,9-12H,2-4,6,8,13-14H2,1H3,(H,25,26);3,5,7-10H,1-2,4,6,11-12H2,(H,23,24)(H,25,26);3-5H,2,6-7,14H2,1H3;3,5,7H,1-2,4,6H2,(H,12,13). The Bertz CT molecular complexity index is 3490. The molecule has 13 nitrogen and oxygen atoms in total. The van der Waals surface area contributed by atoms with Crippen molar-refractivity contribution < 1.29 is 61.6 Å². The Kier molecular flexibility index (Phi) is 18.3. The number of aryl methyl sites for hydroxylation is 3. The number of carboxylic acid groups (broad SMARTS) is 2. The summed E-state index contributed by atoms with van der Waals surface area (Å²) in [5.41, 5.74) is 15.5. The molecule has 434 valence electrons. The summed E-state index contributed by atoms with van der Waals surface area (Å²) >= 11 is 0. The van der Waals surface area contributed by atoms with Crippen LogP contribution in [0.15, 0.2) is 109 Å². The number of carboxylic acids is 2. The molecular weight excluding hydrogens is 1060 g/mol. The number of amides is 2. The number of fused-ring (bicyclic) bond motifs is 6. The van der Waals surface area contributed by atoms with Crippen LogP contribution >= 0.6 is 0 Å². The summed E-state index contributed by atoms with van der Waals surface area (Å²) in [4.78, 5) is 73.6. The smallest absolute Gasteiger partial charge is 0.335 e. The van der Waals surface area contributed by atoms with Gasteiger partial charge in [0, 0.05) is 49.7 Å². The number of aliphatic carboxylic acids is 1. The van der Waals surface area contributed by atoms with E-state index in [1.54, 1.807) is 44.2 Å². The molecule has 3 unspecified atom stereocenters. The lowest BCUT2D eigenvalue weighted by Gasteiger charge is -2.29. The van der Waals surface area contributed by atoms with Crippen LogP contribution in [0.4, 0.5) is 13.2 Å². The summed E-state index contributed by atoms with van der Waals surface area (Å²) in [6.45, 7) is 4.01. The van der Waals surface area contributed by atoms with Gasteiger partial charge >= 0.3 is 23.9 Å². The molecule has 6 aromatic rings. The van der Waals surface area contributed by atoms with Crippen LogP contribution in [-0.2, 0) is 101 Å². The molecular formula is C67H70F3N3O10. The zero-order valence-electron chi connectivity index (χ0n) is 46.9.